The summed E-state index contributed by atoms with van der Waals surface area (Å²) in [5.74, 6) is 0.729. The molecule has 34 heavy (non-hydrogen) atoms. The van der Waals surface area contributed by atoms with Crippen LogP contribution in [0.4, 0.5) is 0 Å². The molecule has 0 radical (unpaired) electrons. The molecule has 0 saturated heterocycles. The summed E-state index contributed by atoms with van der Waals surface area (Å²) in [6.45, 7) is 10.7. The lowest BCUT2D eigenvalue weighted by atomic mass is 9.80. The summed E-state index contributed by atoms with van der Waals surface area (Å²) >= 11 is 0. The summed E-state index contributed by atoms with van der Waals surface area (Å²) in [7, 11) is 0. The molecule has 176 valence electrons. The zero-order valence-corrected chi connectivity index (χ0v) is 21.1. The van der Waals surface area contributed by atoms with Gasteiger partial charge in [0.2, 0.25) is 0 Å². The number of ketones is 1. The van der Waals surface area contributed by atoms with E-state index in [4.69, 9.17) is 0 Å². The van der Waals surface area contributed by atoms with Crippen molar-refractivity contribution in [2.75, 3.05) is 0 Å². The Morgan fingerprint density at radius 2 is 1.74 bits per heavy atom. The summed E-state index contributed by atoms with van der Waals surface area (Å²) in [5, 5.41) is 0. The SMILES string of the molecule is C=C1/C(=C\C=C(/C)Cc2ccc(C3CCCCC3)cc2)C=CC(=O)C1Cc1cc(C)ccc1C. The van der Waals surface area contributed by atoms with Gasteiger partial charge in [0.25, 0.3) is 0 Å². The number of benzene rings is 2. The van der Waals surface area contributed by atoms with E-state index >= 15 is 0 Å². The highest BCUT2D eigenvalue weighted by Gasteiger charge is 2.25. The van der Waals surface area contributed by atoms with Crippen molar-refractivity contribution in [1.29, 1.82) is 0 Å². The molecule has 0 aromatic heterocycles. The van der Waals surface area contributed by atoms with Crippen LogP contribution in [-0.4, -0.2) is 5.78 Å². The second-order valence-electron chi connectivity index (χ2n) is 10.3. The van der Waals surface area contributed by atoms with Crippen LogP contribution in [0.25, 0.3) is 0 Å². The Morgan fingerprint density at radius 3 is 2.47 bits per heavy atom. The van der Waals surface area contributed by atoms with Crippen molar-refractivity contribution in [3.8, 4) is 0 Å². The molecular formula is C33H38O. The van der Waals surface area contributed by atoms with Crippen LogP contribution in [0.3, 0.4) is 0 Å². The highest BCUT2D eigenvalue weighted by Crippen LogP contribution is 2.33. The maximum Gasteiger partial charge on any atom is 0.163 e. The molecular weight excluding hydrogens is 412 g/mol. The topological polar surface area (TPSA) is 17.1 Å². The van der Waals surface area contributed by atoms with Crippen molar-refractivity contribution in [1.82, 2.24) is 0 Å². The minimum atomic E-state index is -0.183. The van der Waals surface area contributed by atoms with Crippen LogP contribution in [0.2, 0.25) is 0 Å². The third-order valence-electron chi connectivity index (χ3n) is 7.58. The maximum atomic E-state index is 12.7. The Kier molecular flexibility index (Phi) is 7.83. The van der Waals surface area contributed by atoms with Crippen molar-refractivity contribution < 1.29 is 4.79 Å². The molecule has 0 bridgehead atoms. The standard InChI is InChI=1S/C33H38O/c1-23(20-27-13-16-30(17-14-27)29-8-6-5-7-9-29)11-15-28-18-19-33(34)32(26(28)4)22-31-21-24(2)10-12-25(31)3/h10-19,21,29,32H,4-9,20,22H2,1-3H3/b23-11+,28-15-. The molecule has 4 rings (SSSR count). The van der Waals surface area contributed by atoms with Gasteiger partial charge >= 0.3 is 0 Å². The third kappa shape index (κ3) is 5.95. The van der Waals surface area contributed by atoms with Gasteiger partial charge in [0.05, 0.1) is 5.92 Å². The summed E-state index contributed by atoms with van der Waals surface area (Å²) in [6.07, 6.45) is 16.5. The second kappa shape index (κ2) is 11.0. The van der Waals surface area contributed by atoms with Crippen LogP contribution in [0.5, 0.6) is 0 Å². The van der Waals surface area contributed by atoms with E-state index < -0.39 is 0 Å². The summed E-state index contributed by atoms with van der Waals surface area (Å²) in [5.41, 5.74) is 9.85. The largest absolute Gasteiger partial charge is 0.294 e. The third-order valence-corrected chi connectivity index (χ3v) is 7.58. The molecule has 2 aromatic rings. The quantitative estimate of drug-likeness (QED) is 0.432. The fraction of sp³-hybridized carbons (Fsp3) is 0.364. The van der Waals surface area contributed by atoms with Crippen LogP contribution >= 0.6 is 0 Å². The maximum absolute atomic E-state index is 12.7. The molecule has 1 atom stereocenters. The molecule has 1 unspecified atom stereocenters. The molecule has 2 aromatic carbocycles. The van der Waals surface area contributed by atoms with Gasteiger partial charge in [-0.2, -0.15) is 0 Å². The number of carbonyl (C=O) groups excluding carboxylic acids is 1. The first kappa shape index (κ1) is 24.2. The molecule has 1 saturated carbocycles. The van der Waals surface area contributed by atoms with E-state index in [1.807, 2.05) is 6.08 Å². The highest BCUT2D eigenvalue weighted by atomic mass is 16.1. The molecule has 0 aliphatic heterocycles. The van der Waals surface area contributed by atoms with Gasteiger partial charge in [-0.3, -0.25) is 4.79 Å². The lowest BCUT2D eigenvalue weighted by Gasteiger charge is -2.23. The summed E-state index contributed by atoms with van der Waals surface area (Å²) in [4.78, 5) is 12.7. The van der Waals surface area contributed by atoms with Gasteiger partial charge in [-0.05, 0) is 91.8 Å². The fourth-order valence-electron chi connectivity index (χ4n) is 5.35. The smallest absolute Gasteiger partial charge is 0.163 e. The predicted octanol–water partition coefficient (Wildman–Crippen LogP) is 8.32. The van der Waals surface area contributed by atoms with Crippen LogP contribution in [0, 0.1) is 19.8 Å². The van der Waals surface area contributed by atoms with Crippen molar-refractivity contribution in [2.24, 2.45) is 5.92 Å². The van der Waals surface area contributed by atoms with E-state index in [0.29, 0.717) is 6.42 Å². The Labute approximate surface area is 206 Å². The zero-order valence-electron chi connectivity index (χ0n) is 21.1. The van der Waals surface area contributed by atoms with Crippen molar-refractivity contribution in [3.05, 3.63) is 118 Å². The van der Waals surface area contributed by atoms with Gasteiger partial charge in [0, 0.05) is 0 Å². The van der Waals surface area contributed by atoms with Gasteiger partial charge in [-0.25, -0.2) is 0 Å². The van der Waals surface area contributed by atoms with E-state index in [9.17, 15) is 4.79 Å². The number of hydrogen-bond donors (Lipinski definition) is 0. The first-order chi connectivity index (χ1) is 16.4. The monoisotopic (exact) mass is 450 g/mol. The normalized spacial score (nSPS) is 20.9. The van der Waals surface area contributed by atoms with Crippen LogP contribution in [0.15, 0.2) is 90.1 Å². The average molecular weight is 451 g/mol. The highest BCUT2D eigenvalue weighted by molar-refractivity contribution is 5.97. The fourth-order valence-corrected chi connectivity index (χ4v) is 5.35. The first-order valence-corrected chi connectivity index (χ1v) is 12.8. The molecule has 0 amide bonds. The summed E-state index contributed by atoms with van der Waals surface area (Å²) in [6, 6.07) is 15.7. The summed E-state index contributed by atoms with van der Waals surface area (Å²) < 4.78 is 0. The molecule has 1 fully saturated rings. The van der Waals surface area contributed by atoms with Gasteiger partial charge in [-0.15, -0.1) is 0 Å². The minimum absolute atomic E-state index is 0.154. The van der Waals surface area contributed by atoms with E-state index in [1.54, 1.807) is 6.08 Å². The number of aryl methyl sites for hydroxylation is 2. The number of allylic oxidation sites excluding steroid dienone is 7. The molecule has 0 heterocycles. The molecule has 1 nitrogen and oxygen atoms in total. The lowest BCUT2D eigenvalue weighted by molar-refractivity contribution is -0.117. The Balaban J connectivity index is 1.42. The zero-order chi connectivity index (χ0) is 24.1. The number of hydrogen-bond acceptors (Lipinski definition) is 1. The Hall–Kier alpha value is -2.93. The average Bonchev–Trinajstić information content (AvgIpc) is 2.84. The van der Waals surface area contributed by atoms with Crippen molar-refractivity contribution >= 4 is 5.78 Å². The Bertz CT molecular complexity index is 1130. The van der Waals surface area contributed by atoms with Crippen molar-refractivity contribution in [3.63, 3.8) is 0 Å². The minimum Gasteiger partial charge on any atom is -0.294 e. The van der Waals surface area contributed by atoms with Gasteiger partial charge in [0.1, 0.15) is 0 Å². The van der Waals surface area contributed by atoms with Gasteiger partial charge in [0.15, 0.2) is 5.78 Å². The van der Waals surface area contributed by atoms with E-state index in [-0.39, 0.29) is 11.7 Å². The van der Waals surface area contributed by atoms with E-state index in [2.05, 4.69) is 82.0 Å². The predicted molar refractivity (Wildman–Crippen MR) is 144 cm³/mol. The molecule has 0 spiro atoms. The number of carbonyl (C=O) groups is 1. The molecule has 2 aliphatic carbocycles. The first-order valence-electron chi connectivity index (χ1n) is 12.8. The number of rotatable bonds is 6. The van der Waals surface area contributed by atoms with E-state index in [0.717, 1.165) is 23.5 Å². The molecule has 2 aliphatic rings. The Morgan fingerprint density at radius 1 is 1.00 bits per heavy atom. The second-order valence-corrected chi connectivity index (χ2v) is 10.3. The van der Waals surface area contributed by atoms with Crippen molar-refractivity contribution in [2.45, 2.75) is 71.6 Å². The molecule has 0 N–H and O–H groups in total. The van der Waals surface area contributed by atoms with E-state index in [1.165, 1.54) is 65.5 Å². The van der Waals surface area contributed by atoms with Crippen LogP contribution < -0.4 is 0 Å². The molecule has 1 heteroatoms. The van der Waals surface area contributed by atoms with Crippen LogP contribution in [-0.2, 0) is 17.6 Å². The van der Waals surface area contributed by atoms with Gasteiger partial charge in [-0.1, -0.05) is 97.7 Å². The lowest BCUT2D eigenvalue weighted by Crippen LogP contribution is -2.21. The van der Waals surface area contributed by atoms with Gasteiger partial charge < -0.3 is 0 Å². The van der Waals surface area contributed by atoms with Crippen LogP contribution in [0.1, 0.15) is 72.8 Å².